The maximum Gasteiger partial charge on any atom is 0.416 e. The van der Waals surface area contributed by atoms with Crippen molar-refractivity contribution in [2.45, 2.75) is 6.18 Å². The zero-order valence-corrected chi connectivity index (χ0v) is 16.2. The Labute approximate surface area is 174 Å². The molecule has 166 valence electrons. The van der Waals surface area contributed by atoms with Gasteiger partial charge in [0.1, 0.15) is 12.4 Å². The van der Waals surface area contributed by atoms with Gasteiger partial charge < -0.3 is 9.64 Å². The molecule has 0 N–H and O–H groups in total. The molecule has 2 aromatic carbocycles. The first-order valence-corrected chi connectivity index (χ1v) is 9.36. The fourth-order valence-electron chi connectivity index (χ4n) is 3.37. The second-order valence-corrected chi connectivity index (χ2v) is 6.87. The Morgan fingerprint density at radius 2 is 1.48 bits per heavy atom. The van der Waals surface area contributed by atoms with Crippen LogP contribution >= 0.6 is 0 Å². The molecule has 0 radical (unpaired) electrons. The van der Waals surface area contributed by atoms with Crippen molar-refractivity contribution in [2.24, 2.45) is 0 Å². The van der Waals surface area contributed by atoms with Gasteiger partial charge >= 0.3 is 6.18 Å². The van der Waals surface area contributed by atoms with Crippen molar-refractivity contribution in [2.75, 3.05) is 44.2 Å². The number of nitrogens with zero attached hydrogens (tertiary/aromatic N) is 4. The van der Waals surface area contributed by atoms with Crippen LogP contribution < -0.4 is 9.64 Å². The fourth-order valence-corrected chi connectivity index (χ4v) is 3.37. The SMILES string of the molecule is O=[N+]([O-])c1cc(C(F)(F)F)cc([N+](=O)[O-])c1N1CCN(CCOc2ccccc2)CC1. The van der Waals surface area contributed by atoms with Gasteiger partial charge in [0.25, 0.3) is 11.4 Å². The molecule has 0 bridgehead atoms. The fraction of sp³-hybridized carbons (Fsp3) is 0.368. The molecular formula is C19H19F3N4O5. The number of halogens is 3. The van der Waals surface area contributed by atoms with Crippen LogP contribution in [0.4, 0.5) is 30.2 Å². The summed E-state index contributed by atoms with van der Waals surface area (Å²) in [5, 5.41) is 22.8. The number of hydrogen-bond acceptors (Lipinski definition) is 7. The predicted octanol–water partition coefficient (Wildman–Crippen LogP) is 3.72. The number of nitro groups is 2. The Balaban J connectivity index is 1.73. The van der Waals surface area contributed by atoms with Gasteiger partial charge in [-0.25, -0.2) is 0 Å². The third-order valence-corrected chi connectivity index (χ3v) is 4.90. The van der Waals surface area contributed by atoms with Crippen LogP contribution in [-0.2, 0) is 6.18 Å². The Morgan fingerprint density at radius 1 is 0.935 bits per heavy atom. The van der Waals surface area contributed by atoms with Crippen LogP contribution in [0.3, 0.4) is 0 Å². The molecule has 1 saturated heterocycles. The van der Waals surface area contributed by atoms with Crippen molar-refractivity contribution >= 4 is 17.1 Å². The molecule has 3 rings (SSSR count). The zero-order chi connectivity index (χ0) is 22.6. The first-order valence-electron chi connectivity index (χ1n) is 9.36. The van der Waals surface area contributed by atoms with E-state index < -0.39 is 38.6 Å². The average Bonchev–Trinajstić information content (AvgIpc) is 2.73. The molecule has 0 spiro atoms. The van der Waals surface area contributed by atoms with E-state index in [1.807, 2.05) is 35.2 Å². The lowest BCUT2D eigenvalue weighted by atomic mass is 10.1. The molecule has 12 heteroatoms. The molecule has 0 saturated carbocycles. The lowest BCUT2D eigenvalue weighted by Crippen LogP contribution is -2.47. The van der Waals surface area contributed by atoms with E-state index in [0.29, 0.717) is 38.4 Å². The third-order valence-electron chi connectivity index (χ3n) is 4.90. The minimum atomic E-state index is -4.94. The molecule has 1 aliphatic rings. The van der Waals surface area contributed by atoms with Crippen molar-refractivity contribution in [1.29, 1.82) is 0 Å². The van der Waals surface area contributed by atoms with Gasteiger partial charge in [-0.15, -0.1) is 0 Å². The number of piperazine rings is 1. The van der Waals surface area contributed by atoms with Crippen LogP contribution in [0, 0.1) is 20.2 Å². The van der Waals surface area contributed by atoms with Crippen LogP contribution in [0.5, 0.6) is 5.75 Å². The van der Waals surface area contributed by atoms with Gasteiger partial charge in [-0.3, -0.25) is 25.1 Å². The highest BCUT2D eigenvalue weighted by Crippen LogP contribution is 2.43. The van der Waals surface area contributed by atoms with Gasteiger partial charge in [-0.1, -0.05) is 18.2 Å². The minimum absolute atomic E-state index is 0.193. The summed E-state index contributed by atoms with van der Waals surface area (Å²) >= 11 is 0. The van der Waals surface area contributed by atoms with Crippen molar-refractivity contribution < 1.29 is 27.8 Å². The first-order chi connectivity index (χ1) is 14.7. The minimum Gasteiger partial charge on any atom is -0.492 e. The maximum atomic E-state index is 13.1. The van der Waals surface area contributed by atoms with Gasteiger partial charge in [-0.05, 0) is 12.1 Å². The van der Waals surface area contributed by atoms with Crippen molar-refractivity contribution in [3.05, 3.63) is 68.3 Å². The second-order valence-electron chi connectivity index (χ2n) is 6.87. The molecule has 1 aliphatic heterocycles. The van der Waals surface area contributed by atoms with E-state index in [4.69, 9.17) is 4.74 Å². The summed E-state index contributed by atoms with van der Waals surface area (Å²) in [6.07, 6.45) is -4.94. The van der Waals surface area contributed by atoms with Crippen LogP contribution in [0.2, 0.25) is 0 Å². The Morgan fingerprint density at radius 3 is 1.97 bits per heavy atom. The van der Waals surface area contributed by atoms with E-state index in [1.54, 1.807) is 0 Å². The molecule has 1 heterocycles. The molecule has 0 aromatic heterocycles. The smallest absolute Gasteiger partial charge is 0.416 e. The maximum absolute atomic E-state index is 13.1. The van der Waals surface area contributed by atoms with Crippen molar-refractivity contribution in [3.8, 4) is 5.75 Å². The molecule has 2 aromatic rings. The Bertz CT molecular complexity index is 912. The number of anilines is 1. The number of nitro benzene ring substituents is 2. The van der Waals surface area contributed by atoms with E-state index in [2.05, 4.69) is 0 Å². The summed E-state index contributed by atoms with van der Waals surface area (Å²) in [6, 6.07) is 9.90. The van der Waals surface area contributed by atoms with Gasteiger partial charge in [0.2, 0.25) is 0 Å². The molecular weight excluding hydrogens is 421 g/mol. The monoisotopic (exact) mass is 440 g/mol. The highest BCUT2D eigenvalue weighted by atomic mass is 19.4. The lowest BCUT2D eigenvalue weighted by molar-refractivity contribution is -0.393. The average molecular weight is 440 g/mol. The second kappa shape index (κ2) is 9.16. The standard InChI is InChI=1S/C19H19F3N4O5/c20-19(21,22)14-12-16(25(27)28)18(17(13-14)26(29)30)24-8-6-23(7-9-24)10-11-31-15-4-2-1-3-5-15/h1-5,12-13H,6-11H2. The third kappa shape index (κ3) is 5.40. The highest BCUT2D eigenvalue weighted by molar-refractivity contribution is 5.76. The number of ether oxygens (including phenoxy) is 1. The van der Waals surface area contributed by atoms with E-state index >= 15 is 0 Å². The summed E-state index contributed by atoms with van der Waals surface area (Å²) < 4.78 is 44.8. The van der Waals surface area contributed by atoms with Crippen LogP contribution in [0.1, 0.15) is 5.56 Å². The summed E-state index contributed by atoms with van der Waals surface area (Å²) in [5.74, 6) is 0.720. The van der Waals surface area contributed by atoms with E-state index in [1.165, 1.54) is 4.90 Å². The zero-order valence-electron chi connectivity index (χ0n) is 16.2. The largest absolute Gasteiger partial charge is 0.492 e. The number of alkyl halides is 3. The van der Waals surface area contributed by atoms with Gasteiger partial charge in [-0.2, -0.15) is 13.2 Å². The quantitative estimate of drug-likeness (QED) is 0.478. The summed E-state index contributed by atoms with van der Waals surface area (Å²) in [4.78, 5) is 24.2. The van der Waals surface area contributed by atoms with Crippen LogP contribution in [0.15, 0.2) is 42.5 Å². The molecule has 0 atom stereocenters. The summed E-state index contributed by atoms with van der Waals surface area (Å²) in [7, 11) is 0. The van der Waals surface area contributed by atoms with E-state index in [0.717, 1.165) is 5.75 Å². The molecule has 0 unspecified atom stereocenters. The lowest BCUT2D eigenvalue weighted by Gasteiger charge is -2.35. The predicted molar refractivity (Wildman–Crippen MR) is 105 cm³/mol. The van der Waals surface area contributed by atoms with Crippen LogP contribution in [-0.4, -0.2) is 54.1 Å². The highest BCUT2D eigenvalue weighted by Gasteiger charge is 2.39. The number of rotatable bonds is 7. The Hall–Kier alpha value is -3.41. The van der Waals surface area contributed by atoms with Crippen LogP contribution in [0.25, 0.3) is 0 Å². The normalized spacial score (nSPS) is 15.0. The topological polar surface area (TPSA) is 102 Å². The number of hydrogen-bond donors (Lipinski definition) is 0. The van der Waals surface area contributed by atoms with Gasteiger partial charge in [0.15, 0.2) is 5.69 Å². The van der Waals surface area contributed by atoms with Gasteiger partial charge in [0, 0.05) is 44.9 Å². The van der Waals surface area contributed by atoms with Gasteiger partial charge in [0.05, 0.1) is 15.4 Å². The first kappa shape index (κ1) is 22.3. The molecule has 31 heavy (non-hydrogen) atoms. The van der Waals surface area contributed by atoms with Crippen molar-refractivity contribution in [3.63, 3.8) is 0 Å². The van der Waals surface area contributed by atoms with Crippen molar-refractivity contribution in [1.82, 2.24) is 4.90 Å². The van der Waals surface area contributed by atoms with E-state index in [9.17, 15) is 33.4 Å². The number of para-hydroxylation sites is 1. The molecule has 0 aliphatic carbocycles. The molecule has 1 fully saturated rings. The molecule has 0 amide bonds. The van der Waals surface area contributed by atoms with E-state index in [-0.39, 0.29) is 13.1 Å². The Kier molecular flexibility index (Phi) is 6.59. The summed E-state index contributed by atoms with van der Waals surface area (Å²) in [5.41, 5.74) is -3.68. The molecule has 9 nitrogen and oxygen atoms in total. The number of benzene rings is 2. The summed E-state index contributed by atoms with van der Waals surface area (Å²) in [6.45, 7) is 2.21.